The predicted octanol–water partition coefficient (Wildman–Crippen LogP) is 2.66. The molecule has 0 bridgehead atoms. The molecule has 16 heavy (non-hydrogen) atoms. The summed E-state index contributed by atoms with van der Waals surface area (Å²) in [5.41, 5.74) is 0. The molecule has 2 fully saturated rings. The van der Waals surface area contributed by atoms with Crippen molar-refractivity contribution in [3.8, 4) is 0 Å². The summed E-state index contributed by atoms with van der Waals surface area (Å²) in [6.45, 7) is 6.33. The molecule has 0 spiro atoms. The number of hydrogen-bond acceptors (Lipinski definition) is 2. The van der Waals surface area contributed by atoms with E-state index in [1.54, 1.807) is 0 Å². The quantitative estimate of drug-likeness (QED) is 0.795. The van der Waals surface area contributed by atoms with Crippen molar-refractivity contribution >= 4 is 0 Å². The van der Waals surface area contributed by atoms with E-state index in [1.807, 2.05) is 0 Å². The van der Waals surface area contributed by atoms with E-state index in [0.717, 1.165) is 24.3 Å². The van der Waals surface area contributed by atoms with Crippen molar-refractivity contribution in [2.75, 3.05) is 13.2 Å². The predicted molar refractivity (Wildman–Crippen MR) is 67.4 cm³/mol. The lowest BCUT2D eigenvalue weighted by molar-refractivity contribution is 0.0175. The van der Waals surface area contributed by atoms with Crippen molar-refractivity contribution in [1.29, 1.82) is 0 Å². The van der Waals surface area contributed by atoms with Crippen LogP contribution >= 0.6 is 0 Å². The summed E-state index contributed by atoms with van der Waals surface area (Å²) in [6.07, 6.45) is 7.87. The minimum absolute atomic E-state index is 0.358. The van der Waals surface area contributed by atoms with Crippen LogP contribution in [0.5, 0.6) is 0 Å². The van der Waals surface area contributed by atoms with Crippen molar-refractivity contribution < 1.29 is 5.11 Å². The van der Waals surface area contributed by atoms with Crippen LogP contribution in [0.3, 0.4) is 0 Å². The molecule has 0 saturated carbocycles. The minimum Gasteiger partial charge on any atom is -0.396 e. The van der Waals surface area contributed by atoms with Crippen molar-refractivity contribution in [1.82, 2.24) is 4.90 Å². The van der Waals surface area contributed by atoms with Crippen molar-refractivity contribution in [3.05, 3.63) is 0 Å². The van der Waals surface area contributed by atoms with Gasteiger partial charge in [-0.25, -0.2) is 0 Å². The molecular formula is C14H27NO. The van der Waals surface area contributed by atoms with Crippen LogP contribution < -0.4 is 0 Å². The van der Waals surface area contributed by atoms with Gasteiger partial charge in [0.1, 0.15) is 0 Å². The molecular weight excluding hydrogens is 198 g/mol. The Balaban J connectivity index is 2.05. The van der Waals surface area contributed by atoms with Gasteiger partial charge in [0.15, 0.2) is 0 Å². The minimum atomic E-state index is 0.358. The summed E-state index contributed by atoms with van der Waals surface area (Å²) in [7, 11) is 0. The molecule has 4 atom stereocenters. The molecule has 0 amide bonds. The molecule has 2 heterocycles. The van der Waals surface area contributed by atoms with Gasteiger partial charge < -0.3 is 5.11 Å². The van der Waals surface area contributed by atoms with Crippen LogP contribution in [0.1, 0.15) is 52.4 Å². The smallest absolute Gasteiger partial charge is 0.0446 e. The first-order chi connectivity index (χ1) is 7.77. The molecule has 2 aliphatic rings. The molecule has 2 heteroatoms. The molecule has 2 aliphatic heterocycles. The molecule has 2 saturated heterocycles. The van der Waals surface area contributed by atoms with Gasteiger partial charge in [0.2, 0.25) is 0 Å². The lowest BCUT2D eigenvalue weighted by atomic mass is 9.77. The summed E-state index contributed by atoms with van der Waals surface area (Å²) in [4.78, 5) is 2.73. The van der Waals surface area contributed by atoms with Gasteiger partial charge in [0, 0.05) is 18.7 Å². The van der Waals surface area contributed by atoms with Crippen molar-refractivity contribution in [2.24, 2.45) is 11.8 Å². The van der Waals surface area contributed by atoms with Crippen LogP contribution in [-0.2, 0) is 0 Å². The zero-order valence-electron chi connectivity index (χ0n) is 10.9. The Morgan fingerprint density at radius 2 is 2.12 bits per heavy atom. The van der Waals surface area contributed by atoms with Gasteiger partial charge in [0.25, 0.3) is 0 Å². The van der Waals surface area contributed by atoms with E-state index < -0.39 is 0 Å². The molecule has 2 rings (SSSR count). The summed E-state index contributed by atoms with van der Waals surface area (Å²) < 4.78 is 0. The van der Waals surface area contributed by atoms with Crippen LogP contribution in [0.4, 0.5) is 0 Å². The standard InChI is InChI=1S/C14H27NO/c1-3-5-12-10-11(2)13(7-9-16)15-8-4-6-14(12)15/h11-14,16H,3-10H2,1-2H3/t11-,12-,13-,14+/m1/s1. The largest absolute Gasteiger partial charge is 0.396 e. The van der Waals surface area contributed by atoms with Crippen LogP contribution in [0.15, 0.2) is 0 Å². The fourth-order valence-corrected chi connectivity index (χ4v) is 4.12. The summed E-state index contributed by atoms with van der Waals surface area (Å²) >= 11 is 0. The first-order valence-electron chi connectivity index (χ1n) is 7.14. The Hall–Kier alpha value is -0.0800. The number of piperidine rings is 1. The first-order valence-corrected chi connectivity index (χ1v) is 7.14. The van der Waals surface area contributed by atoms with E-state index in [-0.39, 0.29) is 0 Å². The Labute approximate surface area is 100 Å². The van der Waals surface area contributed by atoms with Crippen LogP contribution in [-0.4, -0.2) is 35.2 Å². The zero-order valence-corrected chi connectivity index (χ0v) is 10.9. The maximum absolute atomic E-state index is 9.20. The Bertz CT molecular complexity index is 219. The maximum atomic E-state index is 9.20. The zero-order chi connectivity index (χ0) is 11.5. The molecule has 0 aliphatic carbocycles. The molecule has 2 nitrogen and oxygen atoms in total. The third-order valence-electron chi connectivity index (χ3n) is 4.73. The van der Waals surface area contributed by atoms with Crippen molar-refractivity contribution in [3.63, 3.8) is 0 Å². The highest BCUT2D eigenvalue weighted by Gasteiger charge is 2.42. The van der Waals surface area contributed by atoms with E-state index >= 15 is 0 Å². The van der Waals surface area contributed by atoms with E-state index in [4.69, 9.17) is 0 Å². The van der Waals surface area contributed by atoms with Gasteiger partial charge >= 0.3 is 0 Å². The second-order valence-electron chi connectivity index (χ2n) is 5.79. The number of hydrogen-bond donors (Lipinski definition) is 1. The number of aliphatic hydroxyl groups excluding tert-OH is 1. The van der Waals surface area contributed by atoms with Gasteiger partial charge in [-0.3, -0.25) is 4.90 Å². The molecule has 0 aromatic heterocycles. The normalized spacial score (nSPS) is 39.9. The number of fused-ring (bicyclic) bond motifs is 1. The lowest BCUT2D eigenvalue weighted by Crippen LogP contribution is -2.51. The number of aliphatic hydroxyl groups is 1. The number of rotatable bonds is 4. The second-order valence-corrected chi connectivity index (χ2v) is 5.79. The van der Waals surface area contributed by atoms with Gasteiger partial charge in [-0.1, -0.05) is 20.3 Å². The van der Waals surface area contributed by atoms with Gasteiger partial charge in [-0.15, -0.1) is 0 Å². The van der Waals surface area contributed by atoms with Gasteiger partial charge in [-0.2, -0.15) is 0 Å². The summed E-state index contributed by atoms with van der Waals surface area (Å²) in [5.74, 6) is 1.70. The Kier molecular flexibility index (Phi) is 4.26. The van der Waals surface area contributed by atoms with E-state index in [0.29, 0.717) is 12.6 Å². The second kappa shape index (κ2) is 5.50. The highest BCUT2D eigenvalue weighted by molar-refractivity contribution is 4.96. The molecule has 0 aromatic carbocycles. The first kappa shape index (κ1) is 12.4. The van der Waals surface area contributed by atoms with Crippen molar-refractivity contribution in [2.45, 2.75) is 64.5 Å². The third kappa shape index (κ3) is 2.28. The monoisotopic (exact) mass is 225 g/mol. The molecule has 0 unspecified atom stereocenters. The Morgan fingerprint density at radius 1 is 1.31 bits per heavy atom. The van der Waals surface area contributed by atoms with Crippen LogP contribution in [0, 0.1) is 11.8 Å². The van der Waals surface area contributed by atoms with Crippen LogP contribution in [0.25, 0.3) is 0 Å². The molecule has 94 valence electrons. The summed E-state index contributed by atoms with van der Waals surface area (Å²) in [6, 6.07) is 1.50. The SMILES string of the molecule is CCC[C@@H]1C[C@@H](C)[C@@H](CCO)N2CCC[C@@H]12. The topological polar surface area (TPSA) is 23.5 Å². The van der Waals surface area contributed by atoms with E-state index in [1.165, 1.54) is 38.6 Å². The Morgan fingerprint density at radius 3 is 2.81 bits per heavy atom. The number of nitrogens with zero attached hydrogens (tertiary/aromatic N) is 1. The van der Waals surface area contributed by atoms with Gasteiger partial charge in [0.05, 0.1) is 0 Å². The summed E-state index contributed by atoms with van der Waals surface area (Å²) in [5, 5.41) is 9.20. The lowest BCUT2D eigenvalue weighted by Gasteiger charge is -2.46. The average Bonchev–Trinajstić information content (AvgIpc) is 2.73. The fraction of sp³-hybridized carbons (Fsp3) is 1.00. The molecule has 1 N–H and O–H groups in total. The average molecular weight is 225 g/mol. The highest BCUT2D eigenvalue weighted by atomic mass is 16.3. The van der Waals surface area contributed by atoms with Gasteiger partial charge in [-0.05, 0) is 50.5 Å². The van der Waals surface area contributed by atoms with E-state index in [2.05, 4.69) is 18.7 Å². The third-order valence-corrected chi connectivity index (χ3v) is 4.73. The molecule has 0 aromatic rings. The fourth-order valence-electron chi connectivity index (χ4n) is 4.12. The molecule has 0 radical (unpaired) electrons. The highest BCUT2D eigenvalue weighted by Crippen LogP contribution is 2.40. The van der Waals surface area contributed by atoms with E-state index in [9.17, 15) is 5.11 Å². The van der Waals surface area contributed by atoms with Crippen LogP contribution in [0.2, 0.25) is 0 Å². The maximum Gasteiger partial charge on any atom is 0.0446 e.